The van der Waals surface area contributed by atoms with Gasteiger partial charge in [0.05, 0.1) is 5.92 Å². The Hall–Kier alpha value is -2.57. The summed E-state index contributed by atoms with van der Waals surface area (Å²) in [7, 11) is 0. The molecule has 0 radical (unpaired) electrons. The van der Waals surface area contributed by atoms with E-state index in [4.69, 9.17) is 14.2 Å². The fourth-order valence-electron chi connectivity index (χ4n) is 5.71. The Kier molecular flexibility index (Phi) is 18.7. The third-order valence-corrected chi connectivity index (χ3v) is 8.29. The topological polar surface area (TPSA) is 90.9 Å². The molecule has 0 aliphatic carbocycles. The molecule has 244 valence electrons. The van der Waals surface area contributed by atoms with Crippen LogP contribution in [0.15, 0.2) is 30.3 Å². The number of ether oxygens (including phenoxy) is 3. The van der Waals surface area contributed by atoms with Gasteiger partial charge >= 0.3 is 18.0 Å². The Morgan fingerprint density at radius 2 is 1.47 bits per heavy atom. The lowest BCUT2D eigenvalue weighted by atomic mass is 9.86. The summed E-state index contributed by atoms with van der Waals surface area (Å²) in [6.45, 7) is 8.56. The first kappa shape index (κ1) is 36.6. The maximum Gasteiger partial charge on any atom is 0.408 e. The lowest BCUT2D eigenvalue weighted by molar-refractivity contribution is -0.190. The van der Waals surface area contributed by atoms with Crippen molar-refractivity contribution in [3.8, 4) is 0 Å². The van der Waals surface area contributed by atoms with Crippen molar-refractivity contribution in [3.63, 3.8) is 0 Å². The smallest absolute Gasteiger partial charge is 0.408 e. The number of unbranched alkanes of at least 4 members (excludes halogenated alkanes) is 11. The van der Waals surface area contributed by atoms with E-state index in [1.54, 1.807) is 0 Å². The van der Waals surface area contributed by atoms with Crippen LogP contribution in [0.4, 0.5) is 4.79 Å². The molecule has 7 heteroatoms. The molecule has 0 spiro atoms. The number of esters is 2. The Morgan fingerprint density at radius 3 is 2.07 bits per heavy atom. The van der Waals surface area contributed by atoms with Crippen molar-refractivity contribution in [2.45, 2.75) is 162 Å². The van der Waals surface area contributed by atoms with Crippen molar-refractivity contribution in [3.05, 3.63) is 35.9 Å². The number of carbonyl (C=O) groups excluding carboxylic acids is 3. The molecular formula is C36H59NO6. The first-order valence-electron chi connectivity index (χ1n) is 17.2. The largest absolute Gasteiger partial charge is 0.461 e. The average Bonchev–Trinajstić information content (AvgIpc) is 2.98. The zero-order valence-corrected chi connectivity index (χ0v) is 27.5. The number of carbonyl (C=O) groups is 3. The molecule has 1 heterocycles. The molecule has 0 bridgehead atoms. The van der Waals surface area contributed by atoms with E-state index >= 15 is 0 Å². The number of amides is 1. The number of hydrogen-bond donors (Lipinski definition) is 1. The van der Waals surface area contributed by atoms with E-state index in [0.29, 0.717) is 12.8 Å². The van der Waals surface area contributed by atoms with Crippen molar-refractivity contribution in [1.29, 1.82) is 0 Å². The zero-order chi connectivity index (χ0) is 31.3. The van der Waals surface area contributed by atoms with E-state index in [0.717, 1.165) is 50.5 Å². The molecule has 1 aliphatic rings. The molecule has 1 amide bonds. The summed E-state index contributed by atoms with van der Waals surface area (Å²) in [5.74, 6) is -0.520. The van der Waals surface area contributed by atoms with Crippen LogP contribution < -0.4 is 5.32 Å². The molecule has 43 heavy (non-hydrogen) atoms. The van der Waals surface area contributed by atoms with Gasteiger partial charge in [-0.05, 0) is 37.2 Å². The van der Waals surface area contributed by atoms with Crippen LogP contribution in [-0.2, 0) is 30.4 Å². The van der Waals surface area contributed by atoms with E-state index < -0.39 is 18.1 Å². The summed E-state index contributed by atoms with van der Waals surface area (Å²) in [6, 6.07) is 8.64. The van der Waals surface area contributed by atoms with Gasteiger partial charge in [-0.2, -0.15) is 0 Å². The number of hydrogen-bond acceptors (Lipinski definition) is 6. The highest BCUT2D eigenvalue weighted by Crippen LogP contribution is 2.33. The standard InChI is InChI=1S/C36H59NO6/c1-5-7-9-11-12-13-14-15-19-23-30(26-33-31(34(38)43-33)24-20-10-8-6-2)42-35(39)32(25-28(3)4)37-36(40)41-27-29-21-17-16-18-22-29/h16-18,21-22,28,30-33H,5-15,19-20,23-27H2,1-4H3,(H,37,40)/t30-,31+,32-,33-/m1/s1. The van der Waals surface area contributed by atoms with Crippen molar-refractivity contribution >= 4 is 18.0 Å². The number of benzene rings is 1. The summed E-state index contributed by atoms with van der Waals surface area (Å²) in [5.41, 5.74) is 0.876. The average molecular weight is 602 g/mol. The molecule has 2 rings (SSSR count). The minimum absolute atomic E-state index is 0.112. The van der Waals surface area contributed by atoms with E-state index in [1.807, 2.05) is 44.2 Å². The van der Waals surface area contributed by atoms with E-state index in [1.165, 1.54) is 51.4 Å². The van der Waals surface area contributed by atoms with E-state index in [-0.39, 0.29) is 36.6 Å². The van der Waals surface area contributed by atoms with Gasteiger partial charge in [0.25, 0.3) is 0 Å². The molecule has 0 unspecified atom stereocenters. The SMILES string of the molecule is CCCCCCCCCCC[C@H](C[C@H]1OC(=O)[C@H]1CCCCCC)OC(=O)[C@@H](CC(C)C)NC(=O)OCc1ccccc1. The Bertz CT molecular complexity index is 904. The summed E-state index contributed by atoms with van der Waals surface area (Å²) in [5, 5.41) is 2.74. The Balaban J connectivity index is 1.94. The number of cyclic esters (lactones) is 1. The van der Waals surface area contributed by atoms with Gasteiger partial charge in [0.1, 0.15) is 24.9 Å². The summed E-state index contributed by atoms with van der Waals surface area (Å²) < 4.78 is 17.0. The minimum Gasteiger partial charge on any atom is -0.461 e. The predicted octanol–water partition coefficient (Wildman–Crippen LogP) is 9.06. The van der Waals surface area contributed by atoms with Gasteiger partial charge in [0.2, 0.25) is 0 Å². The highest BCUT2D eigenvalue weighted by atomic mass is 16.6. The van der Waals surface area contributed by atoms with Crippen LogP contribution in [0.5, 0.6) is 0 Å². The number of alkyl carbamates (subject to hydrolysis) is 1. The molecule has 1 aromatic rings. The molecule has 1 aliphatic heterocycles. The van der Waals surface area contributed by atoms with Gasteiger partial charge in [0, 0.05) is 6.42 Å². The normalized spacial score (nSPS) is 17.6. The molecule has 1 saturated heterocycles. The minimum atomic E-state index is -0.803. The Morgan fingerprint density at radius 1 is 0.860 bits per heavy atom. The van der Waals surface area contributed by atoms with Crippen molar-refractivity contribution in [2.75, 3.05) is 0 Å². The number of nitrogens with one attached hydrogen (secondary N) is 1. The van der Waals surface area contributed by atoms with Crippen molar-refractivity contribution in [2.24, 2.45) is 11.8 Å². The maximum atomic E-state index is 13.4. The van der Waals surface area contributed by atoms with E-state index in [9.17, 15) is 14.4 Å². The molecule has 1 aromatic carbocycles. The van der Waals surface area contributed by atoms with Crippen molar-refractivity contribution in [1.82, 2.24) is 5.32 Å². The third kappa shape index (κ3) is 15.6. The van der Waals surface area contributed by atoms with Crippen LogP contribution in [0.3, 0.4) is 0 Å². The van der Waals surface area contributed by atoms with Gasteiger partial charge in [0.15, 0.2) is 0 Å². The molecular weight excluding hydrogens is 542 g/mol. The van der Waals surface area contributed by atoms with Gasteiger partial charge < -0.3 is 19.5 Å². The van der Waals surface area contributed by atoms with Gasteiger partial charge in [-0.3, -0.25) is 4.79 Å². The summed E-state index contributed by atoms with van der Waals surface area (Å²) >= 11 is 0. The zero-order valence-electron chi connectivity index (χ0n) is 27.5. The second kappa shape index (κ2) is 22.0. The van der Waals surface area contributed by atoms with Crippen LogP contribution in [0.1, 0.15) is 142 Å². The number of rotatable bonds is 24. The summed E-state index contributed by atoms with van der Waals surface area (Å²) in [6.07, 6.45) is 16.7. The van der Waals surface area contributed by atoms with Crippen LogP contribution in [0.2, 0.25) is 0 Å². The molecule has 1 fully saturated rings. The lowest BCUT2D eigenvalue weighted by Crippen LogP contribution is -2.48. The lowest BCUT2D eigenvalue weighted by Gasteiger charge is -2.37. The van der Waals surface area contributed by atoms with Crippen LogP contribution in [0.25, 0.3) is 0 Å². The molecule has 1 N–H and O–H groups in total. The summed E-state index contributed by atoms with van der Waals surface area (Å²) in [4.78, 5) is 38.3. The Labute approximate surface area is 261 Å². The second-order valence-corrected chi connectivity index (χ2v) is 12.7. The highest BCUT2D eigenvalue weighted by molar-refractivity contribution is 5.81. The maximum absolute atomic E-state index is 13.4. The monoisotopic (exact) mass is 601 g/mol. The van der Waals surface area contributed by atoms with Gasteiger partial charge in [-0.1, -0.05) is 135 Å². The fraction of sp³-hybridized carbons (Fsp3) is 0.750. The third-order valence-electron chi connectivity index (χ3n) is 8.29. The van der Waals surface area contributed by atoms with Gasteiger partial charge in [-0.25, -0.2) is 9.59 Å². The van der Waals surface area contributed by atoms with Crippen LogP contribution in [-0.4, -0.2) is 36.3 Å². The first-order valence-corrected chi connectivity index (χ1v) is 17.2. The molecule has 0 saturated carbocycles. The van der Waals surface area contributed by atoms with Crippen molar-refractivity contribution < 1.29 is 28.6 Å². The predicted molar refractivity (Wildman–Crippen MR) is 171 cm³/mol. The van der Waals surface area contributed by atoms with E-state index in [2.05, 4.69) is 19.2 Å². The van der Waals surface area contributed by atoms with Gasteiger partial charge in [-0.15, -0.1) is 0 Å². The second-order valence-electron chi connectivity index (χ2n) is 12.7. The van der Waals surface area contributed by atoms with Crippen LogP contribution >= 0.6 is 0 Å². The van der Waals surface area contributed by atoms with Crippen LogP contribution in [0, 0.1) is 11.8 Å². The molecule has 0 aromatic heterocycles. The fourth-order valence-corrected chi connectivity index (χ4v) is 5.71. The quantitative estimate of drug-likeness (QED) is 0.0722. The highest BCUT2D eigenvalue weighted by Gasteiger charge is 2.43. The molecule has 4 atom stereocenters. The molecule has 7 nitrogen and oxygen atoms in total. The first-order chi connectivity index (χ1) is 20.8.